The van der Waals surface area contributed by atoms with E-state index in [-0.39, 0.29) is 11.9 Å². The second kappa shape index (κ2) is 23.2. The van der Waals surface area contributed by atoms with Gasteiger partial charge in [-0.3, -0.25) is 9.59 Å². The van der Waals surface area contributed by atoms with Gasteiger partial charge in [0, 0.05) is 0 Å². The van der Waals surface area contributed by atoms with Gasteiger partial charge in [0.05, 0.1) is 13.2 Å². The standard InChI is InChI=1S/C32H62O4S/c1-7-9-11-13-15-17-19-21-23-25-27-35-29(33)31(3,4)37-32(5,6)30(34)36-28-26-24-22-20-18-16-14-12-10-8-2/h7-28H2,1-6H3. The number of hydrogen-bond donors (Lipinski definition) is 0. The van der Waals surface area contributed by atoms with Gasteiger partial charge in [0.25, 0.3) is 0 Å². The average Bonchev–Trinajstić information content (AvgIpc) is 2.84. The number of unbranched alkanes of at least 4 members (excludes halogenated alkanes) is 18. The molecule has 0 aliphatic carbocycles. The van der Waals surface area contributed by atoms with Crippen LogP contribution in [0.1, 0.15) is 170 Å². The molecule has 0 saturated heterocycles. The highest BCUT2D eigenvalue weighted by Crippen LogP contribution is 2.38. The van der Waals surface area contributed by atoms with Gasteiger partial charge in [0.2, 0.25) is 0 Å². The topological polar surface area (TPSA) is 52.6 Å². The zero-order valence-electron chi connectivity index (χ0n) is 25.6. The SMILES string of the molecule is CCCCCCCCCCCCOC(=O)C(C)(C)SC(C)(C)C(=O)OCCCCCCCCCCCC. The van der Waals surface area contributed by atoms with E-state index in [9.17, 15) is 9.59 Å². The fourth-order valence-corrected chi connectivity index (χ4v) is 6.14. The van der Waals surface area contributed by atoms with Gasteiger partial charge in [-0.25, -0.2) is 0 Å². The molecule has 5 heteroatoms. The molecular formula is C32H62O4S. The molecule has 0 spiro atoms. The molecule has 0 aromatic rings. The number of thioether (sulfide) groups is 1. The molecule has 0 amide bonds. The Bertz CT molecular complexity index is 511. The Kier molecular flexibility index (Phi) is 22.8. The van der Waals surface area contributed by atoms with Crippen LogP contribution in [0.3, 0.4) is 0 Å². The highest BCUT2D eigenvalue weighted by molar-refractivity contribution is 8.03. The van der Waals surface area contributed by atoms with E-state index in [1.807, 2.05) is 27.7 Å². The first-order valence-electron chi connectivity index (χ1n) is 15.7. The molecule has 0 radical (unpaired) electrons. The van der Waals surface area contributed by atoms with E-state index in [0.717, 1.165) is 25.7 Å². The van der Waals surface area contributed by atoms with Crippen molar-refractivity contribution in [1.82, 2.24) is 0 Å². The smallest absolute Gasteiger partial charge is 0.321 e. The maximum Gasteiger partial charge on any atom is 0.321 e. The Labute approximate surface area is 235 Å². The summed E-state index contributed by atoms with van der Waals surface area (Å²) in [6, 6.07) is 0. The van der Waals surface area contributed by atoms with Crippen LogP contribution in [-0.2, 0) is 19.1 Å². The molecule has 4 nitrogen and oxygen atoms in total. The van der Waals surface area contributed by atoms with E-state index in [0.29, 0.717) is 13.2 Å². The predicted molar refractivity (Wildman–Crippen MR) is 161 cm³/mol. The van der Waals surface area contributed by atoms with Gasteiger partial charge in [-0.2, -0.15) is 0 Å². The summed E-state index contributed by atoms with van der Waals surface area (Å²) in [4.78, 5) is 25.4. The van der Waals surface area contributed by atoms with Crippen molar-refractivity contribution in [3.8, 4) is 0 Å². The van der Waals surface area contributed by atoms with Gasteiger partial charge in [0.1, 0.15) is 9.49 Å². The molecule has 0 aliphatic rings. The van der Waals surface area contributed by atoms with Crippen molar-refractivity contribution in [3.63, 3.8) is 0 Å². The van der Waals surface area contributed by atoms with Crippen LogP contribution in [0.15, 0.2) is 0 Å². The fourth-order valence-electron chi connectivity index (χ4n) is 4.58. The van der Waals surface area contributed by atoms with Crippen LogP contribution in [0.25, 0.3) is 0 Å². The van der Waals surface area contributed by atoms with E-state index >= 15 is 0 Å². The summed E-state index contributed by atoms with van der Waals surface area (Å²) in [5.74, 6) is -0.493. The monoisotopic (exact) mass is 542 g/mol. The van der Waals surface area contributed by atoms with E-state index in [2.05, 4.69) is 13.8 Å². The third-order valence-corrected chi connectivity index (χ3v) is 8.31. The van der Waals surface area contributed by atoms with Crippen LogP contribution in [0.5, 0.6) is 0 Å². The highest BCUT2D eigenvalue weighted by atomic mass is 32.2. The van der Waals surface area contributed by atoms with Crippen molar-refractivity contribution in [1.29, 1.82) is 0 Å². The largest absolute Gasteiger partial charge is 0.465 e. The van der Waals surface area contributed by atoms with Gasteiger partial charge in [-0.1, -0.05) is 129 Å². The summed E-state index contributed by atoms with van der Waals surface area (Å²) < 4.78 is 9.54. The van der Waals surface area contributed by atoms with Crippen LogP contribution in [0.2, 0.25) is 0 Å². The molecule has 0 heterocycles. The van der Waals surface area contributed by atoms with E-state index < -0.39 is 9.49 Å². The summed E-state index contributed by atoms with van der Waals surface area (Å²) in [5, 5.41) is 0. The number of hydrogen-bond acceptors (Lipinski definition) is 5. The molecule has 0 atom stereocenters. The lowest BCUT2D eigenvalue weighted by molar-refractivity contribution is -0.146. The first kappa shape index (κ1) is 36.3. The number of esters is 2. The Hall–Kier alpha value is -0.710. The minimum atomic E-state index is -0.794. The molecule has 0 N–H and O–H groups in total. The number of carbonyl (C=O) groups is 2. The molecule has 0 bridgehead atoms. The second-order valence-corrected chi connectivity index (χ2v) is 14.0. The third-order valence-electron chi connectivity index (χ3n) is 6.96. The fraction of sp³-hybridized carbons (Fsp3) is 0.938. The summed E-state index contributed by atoms with van der Waals surface area (Å²) in [6.45, 7) is 12.8. The van der Waals surface area contributed by atoms with Gasteiger partial charge >= 0.3 is 11.9 Å². The lowest BCUT2D eigenvalue weighted by Crippen LogP contribution is -2.40. The predicted octanol–water partition coefficient (Wildman–Crippen LogP) is 10.2. The molecule has 0 fully saturated rings. The maximum absolute atomic E-state index is 12.7. The first-order chi connectivity index (χ1) is 17.7. The van der Waals surface area contributed by atoms with E-state index in [1.54, 1.807) is 0 Å². The third kappa shape index (κ3) is 20.9. The highest BCUT2D eigenvalue weighted by Gasteiger charge is 2.41. The van der Waals surface area contributed by atoms with Crippen LogP contribution < -0.4 is 0 Å². The summed E-state index contributed by atoms with van der Waals surface area (Å²) in [5.41, 5.74) is 0. The average molecular weight is 543 g/mol. The van der Waals surface area contributed by atoms with Crippen LogP contribution in [-0.4, -0.2) is 34.6 Å². The van der Waals surface area contributed by atoms with E-state index in [1.165, 1.54) is 114 Å². The molecule has 0 rings (SSSR count). The van der Waals surface area contributed by atoms with Crippen molar-refractivity contribution in [3.05, 3.63) is 0 Å². The van der Waals surface area contributed by atoms with Crippen molar-refractivity contribution < 1.29 is 19.1 Å². The molecule has 0 aliphatic heterocycles. The molecule has 0 saturated carbocycles. The van der Waals surface area contributed by atoms with Crippen molar-refractivity contribution >= 4 is 23.7 Å². The molecular weight excluding hydrogens is 480 g/mol. The lowest BCUT2D eigenvalue weighted by atomic mass is 10.1. The van der Waals surface area contributed by atoms with Gasteiger partial charge in [0.15, 0.2) is 0 Å². The Morgan fingerprint density at radius 2 is 0.703 bits per heavy atom. The Morgan fingerprint density at radius 1 is 0.459 bits per heavy atom. The lowest BCUT2D eigenvalue weighted by Gasteiger charge is -2.31. The van der Waals surface area contributed by atoms with Crippen molar-refractivity contribution in [2.24, 2.45) is 0 Å². The zero-order valence-corrected chi connectivity index (χ0v) is 26.4. The Morgan fingerprint density at radius 3 is 0.973 bits per heavy atom. The molecule has 0 unspecified atom stereocenters. The molecule has 0 aromatic carbocycles. The van der Waals surface area contributed by atoms with Crippen molar-refractivity contribution in [2.75, 3.05) is 13.2 Å². The van der Waals surface area contributed by atoms with Crippen LogP contribution >= 0.6 is 11.8 Å². The summed E-state index contributed by atoms with van der Waals surface area (Å²) >= 11 is 1.34. The quantitative estimate of drug-likeness (QED) is 0.0803. The van der Waals surface area contributed by atoms with Crippen LogP contribution in [0.4, 0.5) is 0 Å². The molecule has 220 valence electrons. The first-order valence-corrected chi connectivity index (χ1v) is 16.5. The summed E-state index contributed by atoms with van der Waals surface area (Å²) in [6.07, 6.45) is 25.1. The summed E-state index contributed by atoms with van der Waals surface area (Å²) in [7, 11) is 0. The number of carbonyl (C=O) groups excluding carboxylic acids is 2. The molecule has 37 heavy (non-hydrogen) atoms. The normalized spacial score (nSPS) is 12.1. The van der Waals surface area contributed by atoms with Crippen molar-refractivity contribution in [2.45, 2.75) is 179 Å². The molecule has 0 aromatic heterocycles. The van der Waals surface area contributed by atoms with Gasteiger partial charge < -0.3 is 9.47 Å². The Balaban J connectivity index is 3.94. The van der Waals surface area contributed by atoms with E-state index in [4.69, 9.17) is 9.47 Å². The minimum Gasteiger partial charge on any atom is -0.465 e. The maximum atomic E-state index is 12.7. The minimum absolute atomic E-state index is 0.246. The van der Waals surface area contributed by atoms with Crippen LogP contribution in [0, 0.1) is 0 Å². The number of ether oxygens (including phenoxy) is 2. The number of rotatable bonds is 26. The van der Waals surface area contributed by atoms with Gasteiger partial charge in [-0.15, -0.1) is 11.8 Å². The zero-order chi connectivity index (χ0) is 27.8. The second-order valence-electron chi connectivity index (χ2n) is 11.8. The van der Waals surface area contributed by atoms with Gasteiger partial charge in [-0.05, 0) is 40.5 Å².